The zero-order valence-electron chi connectivity index (χ0n) is 20.2. The van der Waals surface area contributed by atoms with Crippen LogP contribution in [0.3, 0.4) is 0 Å². The van der Waals surface area contributed by atoms with Crippen molar-refractivity contribution in [2.24, 2.45) is 28.1 Å². The van der Waals surface area contributed by atoms with Crippen LogP contribution in [0.15, 0.2) is 4.99 Å². The highest BCUT2D eigenvalue weighted by Crippen LogP contribution is 2.20. The van der Waals surface area contributed by atoms with Gasteiger partial charge in [-0.3, -0.25) is 19.4 Å². The molecule has 34 heavy (non-hydrogen) atoms. The molecule has 0 aliphatic carbocycles. The van der Waals surface area contributed by atoms with Crippen molar-refractivity contribution in [2.45, 2.75) is 70.1 Å². The highest BCUT2D eigenvalue weighted by molar-refractivity contribution is 7.98. The number of nitrogens with zero attached hydrogens (tertiary/aromatic N) is 2. The smallest absolute Gasteiger partial charge is 0.326 e. The number of thioether (sulfide) groups is 1. The Labute approximate surface area is 204 Å². The van der Waals surface area contributed by atoms with Crippen LogP contribution >= 0.6 is 11.8 Å². The van der Waals surface area contributed by atoms with E-state index in [1.54, 1.807) is 25.6 Å². The second-order valence-electron chi connectivity index (χ2n) is 8.66. The quantitative estimate of drug-likeness (QED) is 0.0960. The van der Waals surface area contributed by atoms with E-state index < -0.39 is 47.9 Å². The third kappa shape index (κ3) is 9.37. The van der Waals surface area contributed by atoms with Crippen molar-refractivity contribution in [2.75, 3.05) is 25.1 Å². The monoisotopic (exact) mass is 501 g/mol. The average Bonchev–Trinajstić information content (AvgIpc) is 3.26. The number of hydrogen-bond donors (Lipinski definition) is 6. The SMILES string of the molecule is CSCCC(N)C(=O)NC(C(=O)NC(CCCN=C(N)N)C(=O)N1CCCC1C(=O)O)C(C)C. The maximum absolute atomic E-state index is 13.2. The Bertz CT molecular complexity index is 745. The molecule has 0 aromatic rings. The lowest BCUT2D eigenvalue weighted by atomic mass is 10.0. The molecule has 13 heteroatoms. The van der Waals surface area contributed by atoms with E-state index in [0.29, 0.717) is 38.0 Å². The molecule has 1 aliphatic heterocycles. The summed E-state index contributed by atoms with van der Waals surface area (Å²) in [6.45, 7) is 4.09. The molecule has 3 amide bonds. The number of nitrogens with two attached hydrogens (primary N) is 3. The molecule has 1 rings (SSSR count). The summed E-state index contributed by atoms with van der Waals surface area (Å²) in [5.41, 5.74) is 16.6. The van der Waals surface area contributed by atoms with Gasteiger partial charge >= 0.3 is 5.97 Å². The molecule has 1 heterocycles. The molecule has 12 nitrogen and oxygen atoms in total. The molecule has 4 unspecified atom stereocenters. The van der Waals surface area contributed by atoms with Crippen molar-refractivity contribution in [3.8, 4) is 0 Å². The summed E-state index contributed by atoms with van der Waals surface area (Å²) in [7, 11) is 0. The van der Waals surface area contributed by atoms with E-state index in [0.717, 1.165) is 0 Å². The Morgan fingerprint density at radius 2 is 1.82 bits per heavy atom. The second-order valence-corrected chi connectivity index (χ2v) is 9.64. The number of aliphatic imine (C=N–C) groups is 1. The van der Waals surface area contributed by atoms with Crippen LogP contribution in [-0.2, 0) is 19.2 Å². The van der Waals surface area contributed by atoms with Crippen molar-refractivity contribution in [1.82, 2.24) is 15.5 Å². The maximum atomic E-state index is 13.2. The summed E-state index contributed by atoms with van der Waals surface area (Å²) in [4.78, 5) is 55.6. The molecule has 0 bridgehead atoms. The summed E-state index contributed by atoms with van der Waals surface area (Å²) in [6, 6.07) is -3.57. The van der Waals surface area contributed by atoms with Crippen LogP contribution in [0, 0.1) is 5.92 Å². The van der Waals surface area contributed by atoms with Gasteiger partial charge in [-0.15, -0.1) is 0 Å². The Kier molecular flexibility index (Phi) is 12.7. The number of carboxylic acid groups (broad SMARTS) is 1. The molecule has 0 spiro atoms. The normalized spacial score (nSPS) is 18.1. The summed E-state index contributed by atoms with van der Waals surface area (Å²) >= 11 is 1.57. The fourth-order valence-electron chi connectivity index (χ4n) is 3.68. The van der Waals surface area contributed by atoms with Crippen LogP contribution < -0.4 is 27.8 Å². The number of guanidine groups is 1. The van der Waals surface area contributed by atoms with Gasteiger partial charge in [0.15, 0.2) is 5.96 Å². The van der Waals surface area contributed by atoms with Crippen molar-refractivity contribution < 1.29 is 24.3 Å². The number of hydrogen-bond acceptors (Lipinski definition) is 7. The Morgan fingerprint density at radius 1 is 1.15 bits per heavy atom. The van der Waals surface area contributed by atoms with Gasteiger partial charge in [0.25, 0.3) is 0 Å². The van der Waals surface area contributed by atoms with E-state index in [9.17, 15) is 24.3 Å². The predicted molar refractivity (Wildman–Crippen MR) is 132 cm³/mol. The van der Waals surface area contributed by atoms with E-state index in [4.69, 9.17) is 17.2 Å². The van der Waals surface area contributed by atoms with Gasteiger partial charge in [0.1, 0.15) is 18.1 Å². The van der Waals surface area contributed by atoms with Gasteiger partial charge in [-0.25, -0.2) is 4.79 Å². The van der Waals surface area contributed by atoms with E-state index in [1.807, 2.05) is 6.26 Å². The van der Waals surface area contributed by atoms with Gasteiger partial charge < -0.3 is 37.8 Å². The fraction of sp³-hybridized carbons (Fsp3) is 0.762. The largest absolute Gasteiger partial charge is 0.480 e. The second kappa shape index (κ2) is 14.7. The van der Waals surface area contributed by atoms with Crippen molar-refractivity contribution in [3.63, 3.8) is 0 Å². The highest BCUT2D eigenvalue weighted by atomic mass is 32.2. The van der Waals surface area contributed by atoms with E-state index in [2.05, 4.69) is 15.6 Å². The van der Waals surface area contributed by atoms with Crippen LogP contribution in [-0.4, -0.2) is 88.9 Å². The number of aliphatic carboxylic acids is 1. The first kappa shape index (κ1) is 29.5. The van der Waals surface area contributed by atoms with Gasteiger partial charge in [-0.1, -0.05) is 13.8 Å². The summed E-state index contributed by atoms with van der Waals surface area (Å²) in [5, 5.41) is 14.9. The lowest BCUT2D eigenvalue weighted by Gasteiger charge is -2.30. The minimum atomic E-state index is -1.08. The lowest BCUT2D eigenvalue weighted by Crippen LogP contribution is -2.58. The van der Waals surface area contributed by atoms with Crippen molar-refractivity contribution in [3.05, 3.63) is 0 Å². The minimum Gasteiger partial charge on any atom is -0.480 e. The number of likely N-dealkylation sites (tertiary alicyclic amines) is 1. The first-order chi connectivity index (χ1) is 16.0. The average molecular weight is 502 g/mol. The highest BCUT2D eigenvalue weighted by Gasteiger charge is 2.38. The molecule has 194 valence electrons. The molecule has 0 radical (unpaired) electrons. The standard InChI is InChI=1S/C21H39N7O5S/c1-12(2)16(27-17(29)13(22)8-11-34-3)18(30)26-14(6-4-9-25-21(23)24)19(31)28-10-5-7-15(28)20(32)33/h12-16H,4-11,22H2,1-3H3,(H,26,30)(H,27,29)(H,32,33)(H4,23,24,25). The Morgan fingerprint density at radius 3 is 2.38 bits per heavy atom. The zero-order valence-corrected chi connectivity index (χ0v) is 21.0. The number of amides is 3. The van der Waals surface area contributed by atoms with Crippen LogP contribution in [0.25, 0.3) is 0 Å². The maximum Gasteiger partial charge on any atom is 0.326 e. The molecule has 1 saturated heterocycles. The van der Waals surface area contributed by atoms with Gasteiger partial charge in [0, 0.05) is 13.1 Å². The first-order valence-electron chi connectivity index (χ1n) is 11.4. The Balaban J connectivity index is 2.97. The predicted octanol–water partition coefficient (Wildman–Crippen LogP) is -1.18. The molecule has 0 aromatic carbocycles. The van der Waals surface area contributed by atoms with E-state index in [1.165, 1.54) is 4.90 Å². The van der Waals surface area contributed by atoms with E-state index >= 15 is 0 Å². The lowest BCUT2D eigenvalue weighted by molar-refractivity contribution is -0.149. The molecule has 0 saturated carbocycles. The number of carbonyl (C=O) groups excluding carboxylic acids is 3. The minimum absolute atomic E-state index is 0.0854. The van der Waals surface area contributed by atoms with Gasteiger partial charge in [-0.05, 0) is 50.0 Å². The Hall–Kier alpha value is -2.54. The van der Waals surface area contributed by atoms with Crippen LogP contribution in [0.1, 0.15) is 46.0 Å². The number of carbonyl (C=O) groups is 4. The van der Waals surface area contributed by atoms with Crippen molar-refractivity contribution in [1.29, 1.82) is 0 Å². The first-order valence-corrected chi connectivity index (χ1v) is 12.8. The van der Waals surface area contributed by atoms with Gasteiger partial charge in [-0.2, -0.15) is 11.8 Å². The van der Waals surface area contributed by atoms with Crippen LogP contribution in [0.5, 0.6) is 0 Å². The van der Waals surface area contributed by atoms with Crippen LogP contribution in [0.2, 0.25) is 0 Å². The number of rotatable bonds is 14. The summed E-state index contributed by atoms with van der Waals surface area (Å²) < 4.78 is 0. The van der Waals surface area contributed by atoms with Gasteiger partial charge in [0.05, 0.1) is 6.04 Å². The molecule has 1 fully saturated rings. The molecular weight excluding hydrogens is 462 g/mol. The number of nitrogens with one attached hydrogen (secondary N) is 2. The molecule has 4 atom stereocenters. The van der Waals surface area contributed by atoms with Gasteiger partial charge in [0.2, 0.25) is 17.7 Å². The number of carboxylic acids is 1. The third-order valence-electron chi connectivity index (χ3n) is 5.60. The third-order valence-corrected chi connectivity index (χ3v) is 6.24. The topological polar surface area (TPSA) is 206 Å². The summed E-state index contributed by atoms with van der Waals surface area (Å²) in [5.74, 6) is -2.18. The molecule has 0 aromatic heterocycles. The fourth-order valence-corrected chi connectivity index (χ4v) is 4.17. The van der Waals surface area contributed by atoms with Crippen molar-refractivity contribution >= 4 is 41.4 Å². The summed E-state index contributed by atoms with van der Waals surface area (Å²) in [6.07, 6.45) is 3.89. The molecule has 9 N–H and O–H groups in total. The zero-order chi connectivity index (χ0) is 25.8. The van der Waals surface area contributed by atoms with E-state index in [-0.39, 0.29) is 24.8 Å². The molecule has 1 aliphatic rings. The van der Waals surface area contributed by atoms with Crippen LogP contribution in [0.4, 0.5) is 0 Å². The molecular formula is C21H39N7O5S.